The van der Waals surface area contributed by atoms with E-state index < -0.39 is 0 Å². The Morgan fingerprint density at radius 1 is 1.32 bits per heavy atom. The van der Waals surface area contributed by atoms with Crippen LogP contribution in [0.3, 0.4) is 0 Å². The van der Waals surface area contributed by atoms with Crippen LogP contribution >= 0.6 is 11.3 Å². The number of hydrogen-bond acceptors (Lipinski definition) is 5. The van der Waals surface area contributed by atoms with Gasteiger partial charge in [0.1, 0.15) is 11.6 Å². The van der Waals surface area contributed by atoms with E-state index in [1.807, 2.05) is 28.9 Å². The molecule has 0 fully saturated rings. The molecule has 0 aliphatic carbocycles. The molecule has 0 radical (unpaired) electrons. The molecule has 3 aromatic rings. The second-order valence-electron chi connectivity index (χ2n) is 4.51. The molecule has 0 unspecified atom stereocenters. The number of rotatable bonds is 4. The van der Waals surface area contributed by atoms with Crippen molar-refractivity contribution in [3.8, 4) is 5.75 Å². The van der Waals surface area contributed by atoms with E-state index in [1.54, 1.807) is 17.5 Å². The van der Waals surface area contributed by atoms with E-state index >= 15 is 0 Å². The van der Waals surface area contributed by atoms with E-state index in [0.717, 1.165) is 21.4 Å². The summed E-state index contributed by atoms with van der Waals surface area (Å²) in [5.41, 5.74) is 0.816. The van der Waals surface area contributed by atoms with Gasteiger partial charge in [-0.15, -0.1) is 10.2 Å². The summed E-state index contributed by atoms with van der Waals surface area (Å²) < 4.78 is 7.71. The predicted molar refractivity (Wildman–Crippen MR) is 73.5 cm³/mol. The fourth-order valence-corrected chi connectivity index (χ4v) is 2.49. The van der Waals surface area contributed by atoms with Gasteiger partial charge in [-0.3, -0.25) is 0 Å². The SMILES string of the molecule is CC(C)c1nnc(COc2cccn3ccnc23)s1. The molecule has 0 N–H and O–H groups in total. The van der Waals surface area contributed by atoms with Crippen LogP contribution in [-0.4, -0.2) is 19.6 Å². The molecule has 0 amide bonds. The standard InChI is InChI=1S/C13H14N4OS/c1-9(2)13-16-15-11(19-13)8-18-10-4-3-6-17-7-5-14-12(10)17/h3-7,9H,8H2,1-2H3. The topological polar surface area (TPSA) is 52.3 Å². The molecule has 0 bridgehead atoms. The van der Waals surface area contributed by atoms with Crippen molar-refractivity contribution in [3.63, 3.8) is 0 Å². The first-order chi connectivity index (χ1) is 9.24. The van der Waals surface area contributed by atoms with Gasteiger partial charge in [-0.2, -0.15) is 0 Å². The van der Waals surface area contributed by atoms with Crippen molar-refractivity contribution in [3.05, 3.63) is 40.7 Å². The van der Waals surface area contributed by atoms with Crippen LogP contribution in [0.1, 0.15) is 29.8 Å². The maximum atomic E-state index is 5.78. The zero-order valence-electron chi connectivity index (χ0n) is 10.8. The highest BCUT2D eigenvalue weighted by molar-refractivity contribution is 7.11. The van der Waals surface area contributed by atoms with E-state index in [2.05, 4.69) is 29.0 Å². The van der Waals surface area contributed by atoms with E-state index in [-0.39, 0.29) is 0 Å². The molecular weight excluding hydrogens is 260 g/mol. The highest BCUT2D eigenvalue weighted by atomic mass is 32.1. The molecule has 6 heteroatoms. The van der Waals surface area contributed by atoms with Crippen molar-refractivity contribution in [2.24, 2.45) is 0 Å². The average molecular weight is 274 g/mol. The molecule has 3 rings (SSSR count). The van der Waals surface area contributed by atoms with Gasteiger partial charge in [0, 0.05) is 24.5 Å². The summed E-state index contributed by atoms with van der Waals surface area (Å²) >= 11 is 1.59. The van der Waals surface area contributed by atoms with E-state index in [0.29, 0.717) is 12.5 Å². The second kappa shape index (κ2) is 4.97. The molecule has 0 aliphatic rings. The zero-order chi connectivity index (χ0) is 13.2. The zero-order valence-corrected chi connectivity index (χ0v) is 11.6. The molecule has 0 saturated heterocycles. The van der Waals surface area contributed by atoms with E-state index in [9.17, 15) is 0 Å². The third-order valence-corrected chi connectivity index (χ3v) is 3.91. The lowest BCUT2D eigenvalue weighted by Crippen LogP contribution is -1.97. The lowest BCUT2D eigenvalue weighted by molar-refractivity contribution is 0.306. The minimum Gasteiger partial charge on any atom is -0.482 e. The van der Waals surface area contributed by atoms with Gasteiger partial charge in [-0.25, -0.2) is 4.98 Å². The number of hydrogen-bond donors (Lipinski definition) is 0. The smallest absolute Gasteiger partial charge is 0.179 e. The highest BCUT2D eigenvalue weighted by Gasteiger charge is 2.09. The van der Waals surface area contributed by atoms with Crippen molar-refractivity contribution in [2.75, 3.05) is 0 Å². The van der Waals surface area contributed by atoms with Crippen LogP contribution in [0.5, 0.6) is 5.75 Å². The maximum absolute atomic E-state index is 5.78. The number of nitrogens with zero attached hydrogens (tertiary/aromatic N) is 4. The van der Waals surface area contributed by atoms with E-state index in [4.69, 9.17) is 4.74 Å². The largest absolute Gasteiger partial charge is 0.482 e. The van der Waals surface area contributed by atoms with Crippen molar-refractivity contribution >= 4 is 17.0 Å². The van der Waals surface area contributed by atoms with Gasteiger partial charge in [0.05, 0.1) is 0 Å². The summed E-state index contributed by atoms with van der Waals surface area (Å²) in [5, 5.41) is 10.2. The Morgan fingerprint density at radius 2 is 2.21 bits per heavy atom. The molecule has 5 nitrogen and oxygen atoms in total. The molecule has 3 aromatic heterocycles. The summed E-state index contributed by atoms with van der Waals surface area (Å²) in [6, 6.07) is 3.84. The van der Waals surface area contributed by atoms with Crippen molar-refractivity contribution < 1.29 is 4.74 Å². The Bertz CT molecular complexity index is 689. The maximum Gasteiger partial charge on any atom is 0.179 e. The van der Waals surface area contributed by atoms with Crippen molar-refractivity contribution in [1.82, 2.24) is 19.6 Å². The fraction of sp³-hybridized carbons (Fsp3) is 0.308. The summed E-state index contributed by atoms with van der Waals surface area (Å²) in [6.45, 7) is 4.64. The van der Waals surface area contributed by atoms with Crippen LogP contribution in [0, 0.1) is 0 Å². The van der Waals surface area contributed by atoms with Gasteiger partial charge in [-0.05, 0) is 12.1 Å². The van der Waals surface area contributed by atoms with Gasteiger partial charge in [-0.1, -0.05) is 25.2 Å². The fourth-order valence-electron chi connectivity index (χ4n) is 1.73. The first-order valence-corrected chi connectivity index (χ1v) is 6.92. The van der Waals surface area contributed by atoms with Crippen LogP contribution < -0.4 is 4.74 Å². The van der Waals surface area contributed by atoms with E-state index in [1.165, 1.54) is 0 Å². The van der Waals surface area contributed by atoms with Crippen LogP contribution in [0.15, 0.2) is 30.7 Å². The summed E-state index contributed by atoms with van der Waals surface area (Å²) in [5.74, 6) is 1.16. The van der Waals surface area contributed by atoms with Crippen LogP contribution in [0.25, 0.3) is 5.65 Å². The molecule has 0 aliphatic heterocycles. The predicted octanol–water partition coefficient (Wildman–Crippen LogP) is 2.89. The molecule has 19 heavy (non-hydrogen) atoms. The number of fused-ring (bicyclic) bond motifs is 1. The Kier molecular flexibility index (Phi) is 3.16. The summed E-state index contributed by atoms with van der Waals surface area (Å²) in [6.07, 6.45) is 5.59. The number of aromatic nitrogens is 4. The summed E-state index contributed by atoms with van der Waals surface area (Å²) in [7, 11) is 0. The highest BCUT2D eigenvalue weighted by Crippen LogP contribution is 2.22. The second-order valence-corrected chi connectivity index (χ2v) is 5.60. The monoisotopic (exact) mass is 274 g/mol. The number of ether oxygens (including phenoxy) is 1. The van der Waals surface area contributed by atoms with Crippen molar-refractivity contribution in [2.45, 2.75) is 26.4 Å². The molecule has 0 spiro atoms. The average Bonchev–Trinajstić information content (AvgIpc) is 3.05. The third-order valence-electron chi connectivity index (χ3n) is 2.71. The molecule has 0 aromatic carbocycles. The third kappa shape index (κ3) is 2.44. The number of pyridine rings is 1. The molecule has 98 valence electrons. The summed E-state index contributed by atoms with van der Waals surface area (Å²) in [4.78, 5) is 4.27. The van der Waals surface area contributed by atoms with Crippen LogP contribution in [0.2, 0.25) is 0 Å². The van der Waals surface area contributed by atoms with Crippen molar-refractivity contribution in [1.29, 1.82) is 0 Å². The van der Waals surface area contributed by atoms with Gasteiger partial charge in [0.2, 0.25) is 0 Å². The Labute approximate surface area is 114 Å². The normalized spacial score (nSPS) is 11.3. The Balaban J connectivity index is 1.76. The van der Waals surface area contributed by atoms with Crippen LogP contribution in [-0.2, 0) is 6.61 Å². The number of imidazole rings is 1. The Hall–Kier alpha value is -1.95. The van der Waals surface area contributed by atoms with Crippen LogP contribution in [0.4, 0.5) is 0 Å². The lowest BCUT2D eigenvalue weighted by atomic mass is 10.2. The molecule has 0 atom stereocenters. The molecule has 0 saturated carbocycles. The lowest BCUT2D eigenvalue weighted by Gasteiger charge is -2.04. The minimum absolute atomic E-state index is 0.405. The molecule has 3 heterocycles. The van der Waals surface area contributed by atoms with Gasteiger partial charge in [0.25, 0.3) is 0 Å². The van der Waals surface area contributed by atoms with Gasteiger partial charge in [0.15, 0.2) is 16.4 Å². The Morgan fingerprint density at radius 3 is 3.00 bits per heavy atom. The van der Waals surface area contributed by atoms with Gasteiger partial charge < -0.3 is 9.14 Å². The minimum atomic E-state index is 0.405. The molecular formula is C13H14N4OS. The quantitative estimate of drug-likeness (QED) is 0.734. The van der Waals surface area contributed by atoms with Gasteiger partial charge >= 0.3 is 0 Å². The first kappa shape index (κ1) is 12.1. The first-order valence-electron chi connectivity index (χ1n) is 6.11.